The second-order valence-corrected chi connectivity index (χ2v) is 7.33. The van der Waals surface area contributed by atoms with E-state index in [0.29, 0.717) is 30.8 Å². The van der Waals surface area contributed by atoms with Crippen LogP contribution >= 0.6 is 24.8 Å². The molecule has 0 spiro atoms. The minimum atomic E-state index is -0.457. The van der Waals surface area contributed by atoms with E-state index in [4.69, 9.17) is 10.5 Å². The van der Waals surface area contributed by atoms with Crippen LogP contribution in [0.3, 0.4) is 0 Å². The summed E-state index contributed by atoms with van der Waals surface area (Å²) in [4.78, 5) is 26.9. The van der Waals surface area contributed by atoms with Gasteiger partial charge in [0.2, 0.25) is 5.91 Å². The number of nitrogens with zero attached hydrogens (tertiary/aromatic N) is 1. The van der Waals surface area contributed by atoms with Crippen LogP contribution in [0.4, 0.5) is 11.4 Å². The lowest BCUT2D eigenvalue weighted by Gasteiger charge is -2.25. The molecule has 2 saturated heterocycles. The maximum absolute atomic E-state index is 12.3. The summed E-state index contributed by atoms with van der Waals surface area (Å²) in [7, 11) is 0. The van der Waals surface area contributed by atoms with Crippen LogP contribution in [0.5, 0.6) is 0 Å². The lowest BCUT2D eigenvalue weighted by atomic mass is 10.1. The molecule has 0 aromatic heterocycles. The standard InChI is InChI=1S/C20H30N4O3.2ClH/c21-14-17-7-8-18(27-17)20(26)23-16-6-4-5-15(13-16)22-19(25)9-12-24-10-2-1-3-11-24;;/h4-6,13,17-18H,1-3,7-12,14,21H2,(H,22,25)(H,23,26);2*1H/t17-,18+;;/m1../s1. The fourth-order valence-electron chi connectivity index (χ4n) is 3.64. The Morgan fingerprint density at radius 1 is 1.07 bits per heavy atom. The first-order chi connectivity index (χ1) is 13.1. The number of halogens is 2. The Hall–Kier alpha value is -1.38. The Morgan fingerprint density at radius 3 is 2.41 bits per heavy atom. The number of piperidine rings is 1. The van der Waals surface area contributed by atoms with Crippen molar-refractivity contribution in [3.8, 4) is 0 Å². The maximum Gasteiger partial charge on any atom is 0.253 e. The minimum absolute atomic E-state index is 0. The predicted octanol–water partition coefficient (Wildman–Crippen LogP) is 2.79. The number of carbonyl (C=O) groups excluding carboxylic acids is 2. The third-order valence-corrected chi connectivity index (χ3v) is 5.18. The molecule has 0 unspecified atom stereocenters. The van der Waals surface area contributed by atoms with Gasteiger partial charge in [-0.3, -0.25) is 9.59 Å². The molecule has 2 atom stereocenters. The monoisotopic (exact) mass is 446 g/mol. The van der Waals surface area contributed by atoms with Gasteiger partial charge in [-0.15, -0.1) is 24.8 Å². The molecule has 0 saturated carbocycles. The van der Waals surface area contributed by atoms with Crippen molar-refractivity contribution in [1.82, 2.24) is 4.90 Å². The van der Waals surface area contributed by atoms with Gasteiger partial charge in [0.15, 0.2) is 0 Å². The lowest BCUT2D eigenvalue weighted by Crippen LogP contribution is -2.32. The van der Waals surface area contributed by atoms with E-state index in [1.165, 1.54) is 19.3 Å². The Morgan fingerprint density at radius 2 is 1.76 bits per heavy atom. The van der Waals surface area contributed by atoms with Crippen LogP contribution in [0.25, 0.3) is 0 Å². The van der Waals surface area contributed by atoms with Crippen LogP contribution < -0.4 is 16.4 Å². The van der Waals surface area contributed by atoms with Gasteiger partial charge in [0.1, 0.15) is 6.10 Å². The molecule has 1 aromatic rings. The molecule has 164 valence electrons. The molecule has 2 aliphatic rings. The molecular weight excluding hydrogens is 415 g/mol. The van der Waals surface area contributed by atoms with Crippen molar-refractivity contribution in [3.63, 3.8) is 0 Å². The van der Waals surface area contributed by atoms with Gasteiger partial charge in [0.05, 0.1) is 6.10 Å². The highest BCUT2D eigenvalue weighted by molar-refractivity contribution is 5.96. The smallest absolute Gasteiger partial charge is 0.253 e. The van der Waals surface area contributed by atoms with Gasteiger partial charge in [-0.25, -0.2) is 0 Å². The molecule has 0 radical (unpaired) electrons. The molecule has 3 rings (SSSR count). The Balaban J connectivity index is 0.00000210. The number of nitrogens with two attached hydrogens (primary N) is 1. The molecule has 9 heteroatoms. The van der Waals surface area contributed by atoms with Crippen LogP contribution in [0.2, 0.25) is 0 Å². The van der Waals surface area contributed by atoms with Gasteiger partial charge in [0, 0.05) is 30.9 Å². The van der Waals surface area contributed by atoms with Crippen molar-refractivity contribution in [3.05, 3.63) is 24.3 Å². The molecule has 7 nitrogen and oxygen atoms in total. The van der Waals surface area contributed by atoms with Crippen LogP contribution in [-0.2, 0) is 14.3 Å². The lowest BCUT2D eigenvalue weighted by molar-refractivity contribution is -0.126. The molecule has 1 aromatic carbocycles. The third kappa shape index (κ3) is 8.10. The first kappa shape index (κ1) is 25.7. The summed E-state index contributed by atoms with van der Waals surface area (Å²) in [5.41, 5.74) is 6.92. The third-order valence-electron chi connectivity index (χ3n) is 5.18. The topological polar surface area (TPSA) is 96.7 Å². The van der Waals surface area contributed by atoms with Crippen molar-refractivity contribution in [2.75, 3.05) is 36.8 Å². The van der Waals surface area contributed by atoms with E-state index >= 15 is 0 Å². The summed E-state index contributed by atoms with van der Waals surface area (Å²) >= 11 is 0. The van der Waals surface area contributed by atoms with Gasteiger partial charge >= 0.3 is 0 Å². The largest absolute Gasteiger partial charge is 0.364 e. The van der Waals surface area contributed by atoms with E-state index in [0.717, 1.165) is 26.1 Å². The van der Waals surface area contributed by atoms with Gasteiger partial charge < -0.3 is 26.0 Å². The van der Waals surface area contributed by atoms with Gasteiger partial charge in [-0.2, -0.15) is 0 Å². The number of nitrogens with one attached hydrogen (secondary N) is 2. The zero-order valence-corrected chi connectivity index (χ0v) is 18.2. The van der Waals surface area contributed by atoms with E-state index in [-0.39, 0.29) is 42.7 Å². The average Bonchev–Trinajstić information content (AvgIpc) is 3.17. The van der Waals surface area contributed by atoms with E-state index in [1.807, 2.05) is 12.1 Å². The van der Waals surface area contributed by atoms with Gasteiger partial charge in [0.25, 0.3) is 5.91 Å². The number of benzene rings is 1. The van der Waals surface area contributed by atoms with E-state index in [9.17, 15) is 9.59 Å². The van der Waals surface area contributed by atoms with Crippen LogP contribution in [0.1, 0.15) is 38.5 Å². The van der Waals surface area contributed by atoms with E-state index < -0.39 is 6.10 Å². The number of rotatable bonds is 7. The highest BCUT2D eigenvalue weighted by atomic mass is 35.5. The highest BCUT2D eigenvalue weighted by Crippen LogP contribution is 2.21. The molecule has 29 heavy (non-hydrogen) atoms. The average molecular weight is 447 g/mol. The van der Waals surface area contributed by atoms with Crippen molar-refractivity contribution < 1.29 is 14.3 Å². The van der Waals surface area contributed by atoms with Crippen LogP contribution in [-0.4, -0.2) is 55.1 Å². The summed E-state index contributed by atoms with van der Waals surface area (Å²) in [5, 5.41) is 5.78. The molecular formula is C20H32Cl2N4O3. The first-order valence-electron chi connectivity index (χ1n) is 9.92. The Labute approximate surface area is 184 Å². The Kier molecular flexibility index (Phi) is 11.5. The quantitative estimate of drug-likeness (QED) is 0.598. The first-order valence-corrected chi connectivity index (χ1v) is 9.92. The van der Waals surface area contributed by atoms with E-state index in [1.54, 1.807) is 12.1 Å². The summed E-state index contributed by atoms with van der Waals surface area (Å²) in [5.74, 6) is -0.173. The molecule has 2 fully saturated rings. The van der Waals surface area contributed by atoms with Crippen molar-refractivity contribution in [2.45, 2.75) is 50.7 Å². The normalized spacial score (nSPS) is 21.6. The SMILES string of the molecule is Cl.Cl.NC[C@H]1CC[C@@H](C(=O)Nc2cccc(NC(=O)CCN3CCCCC3)c2)O1. The number of anilines is 2. The fourth-order valence-corrected chi connectivity index (χ4v) is 3.64. The van der Waals surface area contributed by atoms with Crippen LogP contribution in [0.15, 0.2) is 24.3 Å². The number of ether oxygens (including phenoxy) is 1. The molecule has 0 bridgehead atoms. The second kappa shape index (κ2) is 13.0. The number of likely N-dealkylation sites (tertiary alicyclic amines) is 1. The van der Waals surface area contributed by atoms with E-state index in [2.05, 4.69) is 15.5 Å². The molecule has 2 aliphatic heterocycles. The van der Waals surface area contributed by atoms with Crippen molar-refractivity contribution in [1.29, 1.82) is 0 Å². The number of carbonyl (C=O) groups is 2. The molecule has 0 aliphatic carbocycles. The zero-order valence-electron chi connectivity index (χ0n) is 16.6. The fraction of sp³-hybridized carbons (Fsp3) is 0.600. The number of amides is 2. The van der Waals surface area contributed by atoms with Gasteiger partial charge in [-0.1, -0.05) is 12.5 Å². The molecule has 2 amide bonds. The summed E-state index contributed by atoms with van der Waals surface area (Å²) in [6, 6.07) is 7.21. The summed E-state index contributed by atoms with van der Waals surface area (Å²) in [6.45, 7) is 3.40. The summed E-state index contributed by atoms with van der Waals surface area (Å²) < 4.78 is 5.62. The zero-order chi connectivity index (χ0) is 19.1. The highest BCUT2D eigenvalue weighted by Gasteiger charge is 2.29. The minimum Gasteiger partial charge on any atom is -0.364 e. The second-order valence-electron chi connectivity index (χ2n) is 7.33. The Bertz CT molecular complexity index is 656. The van der Waals surface area contributed by atoms with Crippen molar-refractivity contribution in [2.24, 2.45) is 5.73 Å². The molecule has 4 N–H and O–H groups in total. The number of hydrogen-bond donors (Lipinski definition) is 3. The van der Waals surface area contributed by atoms with Crippen LogP contribution in [0, 0.1) is 0 Å². The maximum atomic E-state index is 12.3. The molecule has 2 heterocycles. The van der Waals surface area contributed by atoms with Gasteiger partial charge in [-0.05, 0) is 57.0 Å². The number of hydrogen-bond acceptors (Lipinski definition) is 5. The summed E-state index contributed by atoms with van der Waals surface area (Å²) in [6.07, 6.45) is 5.21. The van der Waals surface area contributed by atoms with Crippen molar-refractivity contribution >= 4 is 48.0 Å². The predicted molar refractivity (Wildman–Crippen MR) is 120 cm³/mol.